The topological polar surface area (TPSA) is 88.5 Å². The summed E-state index contributed by atoms with van der Waals surface area (Å²) in [5, 5.41) is 20.1. The molecular weight excluding hydrogens is 280 g/mol. The fraction of sp³-hybridized carbons (Fsp3) is 0.333. The minimum absolute atomic E-state index is 0.298. The van der Waals surface area contributed by atoms with Crippen molar-refractivity contribution < 1.29 is 4.79 Å². The summed E-state index contributed by atoms with van der Waals surface area (Å²) in [7, 11) is 1.65. The monoisotopic (exact) mass is 292 g/mol. The van der Waals surface area contributed by atoms with Gasteiger partial charge in [0, 0.05) is 7.05 Å². The van der Waals surface area contributed by atoms with Crippen molar-refractivity contribution >= 4 is 23.3 Å². The third kappa shape index (κ3) is 2.38. The molecule has 2 aromatic heterocycles. The van der Waals surface area contributed by atoms with Crippen LogP contribution in [0.1, 0.15) is 24.2 Å². The Morgan fingerprint density at radius 1 is 1.50 bits per heavy atom. The molecule has 0 aliphatic rings. The molecule has 7 nitrogen and oxygen atoms in total. The van der Waals surface area contributed by atoms with Crippen molar-refractivity contribution in [1.29, 1.82) is 5.26 Å². The molecule has 1 N–H and O–H groups in total. The number of rotatable bonds is 3. The molecule has 1 amide bonds. The van der Waals surface area contributed by atoms with E-state index in [4.69, 9.17) is 16.9 Å². The Morgan fingerprint density at radius 3 is 2.75 bits per heavy atom. The number of carbonyl (C=O) groups excluding carboxylic acids is 1. The number of hydrogen-bond donors (Lipinski definition) is 1. The van der Waals surface area contributed by atoms with Crippen molar-refractivity contribution in [3.63, 3.8) is 0 Å². The van der Waals surface area contributed by atoms with Gasteiger partial charge in [-0.15, -0.1) is 0 Å². The zero-order valence-corrected chi connectivity index (χ0v) is 12.0. The molecule has 0 bridgehead atoms. The first kappa shape index (κ1) is 14.1. The largest absolute Gasteiger partial charge is 0.308 e. The number of nitrogens with zero attached hydrogens (tertiary/aromatic N) is 5. The molecule has 20 heavy (non-hydrogen) atoms. The van der Waals surface area contributed by atoms with Crippen LogP contribution in [-0.2, 0) is 11.8 Å². The number of halogens is 1. The maximum atomic E-state index is 12.2. The minimum Gasteiger partial charge on any atom is -0.308 e. The van der Waals surface area contributed by atoms with E-state index in [-0.39, 0.29) is 5.91 Å². The van der Waals surface area contributed by atoms with Crippen molar-refractivity contribution in [3.8, 4) is 6.07 Å². The fourth-order valence-corrected chi connectivity index (χ4v) is 1.92. The molecule has 0 radical (unpaired) electrons. The smallest absolute Gasteiger partial charge is 0.250 e. The minimum atomic E-state index is -0.552. The maximum absolute atomic E-state index is 12.2. The molecule has 1 unspecified atom stereocenters. The normalized spacial score (nSPS) is 11.9. The van der Waals surface area contributed by atoms with Crippen LogP contribution in [0.5, 0.6) is 0 Å². The predicted octanol–water partition coefficient (Wildman–Crippen LogP) is 1.65. The molecule has 0 spiro atoms. The van der Waals surface area contributed by atoms with Crippen molar-refractivity contribution in [3.05, 3.63) is 28.7 Å². The van der Waals surface area contributed by atoms with Gasteiger partial charge in [0.1, 0.15) is 23.5 Å². The maximum Gasteiger partial charge on any atom is 0.250 e. The van der Waals surface area contributed by atoms with E-state index in [2.05, 4.69) is 15.5 Å². The molecule has 2 heterocycles. The quantitative estimate of drug-likeness (QED) is 0.931. The van der Waals surface area contributed by atoms with Crippen LogP contribution in [0.3, 0.4) is 0 Å². The summed E-state index contributed by atoms with van der Waals surface area (Å²) < 4.78 is 2.96. The van der Waals surface area contributed by atoms with Crippen molar-refractivity contribution in [1.82, 2.24) is 19.6 Å². The summed E-state index contributed by atoms with van der Waals surface area (Å²) in [4.78, 5) is 12.2. The Balaban J connectivity index is 2.22. The zero-order valence-electron chi connectivity index (χ0n) is 11.3. The Hall–Kier alpha value is -2.33. The van der Waals surface area contributed by atoms with E-state index in [1.807, 2.05) is 6.07 Å². The van der Waals surface area contributed by atoms with Gasteiger partial charge in [-0.2, -0.15) is 15.5 Å². The van der Waals surface area contributed by atoms with E-state index in [0.717, 1.165) is 0 Å². The summed E-state index contributed by atoms with van der Waals surface area (Å²) in [5.74, 6) is 0.0632. The predicted molar refractivity (Wildman–Crippen MR) is 73.2 cm³/mol. The van der Waals surface area contributed by atoms with Gasteiger partial charge in [-0.3, -0.25) is 14.2 Å². The summed E-state index contributed by atoms with van der Waals surface area (Å²) >= 11 is 5.92. The van der Waals surface area contributed by atoms with E-state index >= 15 is 0 Å². The van der Waals surface area contributed by atoms with Crippen LogP contribution in [0.4, 0.5) is 5.82 Å². The van der Waals surface area contributed by atoms with Crippen LogP contribution in [-0.4, -0.2) is 25.5 Å². The molecule has 0 aliphatic heterocycles. The Bertz CT molecular complexity index is 695. The van der Waals surface area contributed by atoms with Gasteiger partial charge in [-0.1, -0.05) is 11.6 Å². The van der Waals surface area contributed by atoms with Crippen molar-refractivity contribution in [2.24, 2.45) is 7.05 Å². The van der Waals surface area contributed by atoms with E-state index in [0.29, 0.717) is 22.1 Å². The first-order valence-corrected chi connectivity index (χ1v) is 6.26. The van der Waals surface area contributed by atoms with Crippen molar-refractivity contribution in [2.45, 2.75) is 19.9 Å². The van der Waals surface area contributed by atoms with Gasteiger partial charge in [0.25, 0.3) is 0 Å². The van der Waals surface area contributed by atoms with Crippen LogP contribution in [0.25, 0.3) is 0 Å². The SMILES string of the molecule is Cc1c(Cl)cnn1C(C)C(=O)Nc1c(C#N)cnn1C. The second-order valence-corrected chi connectivity index (χ2v) is 4.74. The molecule has 104 valence electrons. The highest BCUT2D eigenvalue weighted by atomic mass is 35.5. The molecule has 2 rings (SSSR count). The van der Waals surface area contributed by atoms with E-state index < -0.39 is 6.04 Å². The van der Waals surface area contributed by atoms with Crippen molar-refractivity contribution in [2.75, 3.05) is 5.32 Å². The molecule has 0 aromatic carbocycles. The average molecular weight is 293 g/mol. The van der Waals surface area contributed by atoms with Gasteiger partial charge in [-0.25, -0.2) is 0 Å². The van der Waals surface area contributed by atoms with E-state index in [1.165, 1.54) is 21.8 Å². The second-order valence-electron chi connectivity index (χ2n) is 4.33. The van der Waals surface area contributed by atoms with Crippen LogP contribution in [0, 0.1) is 18.3 Å². The first-order valence-electron chi connectivity index (χ1n) is 5.88. The fourth-order valence-electron chi connectivity index (χ4n) is 1.79. The third-order valence-electron chi connectivity index (χ3n) is 3.03. The molecule has 0 fully saturated rings. The van der Waals surface area contributed by atoms with Gasteiger partial charge in [-0.05, 0) is 13.8 Å². The number of aryl methyl sites for hydroxylation is 1. The number of carbonyl (C=O) groups is 1. The average Bonchev–Trinajstić information content (AvgIpc) is 2.94. The van der Waals surface area contributed by atoms with Gasteiger partial charge < -0.3 is 5.32 Å². The molecule has 0 aliphatic carbocycles. The highest BCUT2D eigenvalue weighted by Gasteiger charge is 2.21. The summed E-state index contributed by atoms with van der Waals surface area (Å²) in [6.07, 6.45) is 2.89. The number of nitrogens with one attached hydrogen (secondary N) is 1. The van der Waals surface area contributed by atoms with Crippen LogP contribution in [0.15, 0.2) is 12.4 Å². The Labute approximate surface area is 120 Å². The molecule has 2 aromatic rings. The molecule has 8 heteroatoms. The molecule has 0 saturated carbocycles. The standard InChI is InChI=1S/C12H13ClN6O/c1-7-10(13)6-16-19(7)8(2)12(20)17-11-9(4-14)5-15-18(11)3/h5-6,8H,1-3H3,(H,17,20). The number of anilines is 1. The van der Waals surface area contributed by atoms with E-state index in [1.54, 1.807) is 20.9 Å². The first-order chi connectivity index (χ1) is 9.45. The molecule has 0 saturated heterocycles. The number of nitriles is 1. The van der Waals surface area contributed by atoms with Crippen LogP contribution in [0.2, 0.25) is 5.02 Å². The highest BCUT2D eigenvalue weighted by Crippen LogP contribution is 2.20. The second kappa shape index (κ2) is 5.35. The van der Waals surface area contributed by atoms with E-state index in [9.17, 15) is 4.79 Å². The Morgan fingerprint density at radius 2 is 2.20 bits per heavy atom. The lowest BCUT2D eigenvalue weighted by Crippen LogP contribution is -2.26. The lowest BCUT2D eigenvalue weighted by Gasteiger charge is -2.14. The highest BCUT2D eigenvalue weighted by molar-refractivity contribution is 6.31. The summed E-state index contributed by atoms with van der Waals surface area (Å²) in [6.45, 7) is 3.48. The Kier molecular flexibility index (Phi) is 3.77. The summed E-state index contributed by atoms with van der Waals surface area (Å²) in [5.41, 5.74) is 1.02. The van der Waals surface area contributed by atoms with Crippen LogP contribution >= 0.6 is 11.6 Å². The lowest BCUT2D eigenvalue weighted by molar-refractivity contribution is -0.119. The van der Waals surface area contributed by atoms with Gasteiger partial charge >= 0.3 is 0 Å². The third-order valence-corrected chi connectivity index (χ3v) is 3.40. The van der Waals surface area contributed by atoms with Crippen LogP contribution < -0.4 is 5.32 Å². The summed E-state index contributed by atoms with van der Waals surface area (Å²) in [6, 6.07) is 1.42. The zero-order chi connectivity index (χ0) is 14.9. The lowest BCUT2D eigenvalue weighted by atomic mass is 10.3. The molecular formula is C12H13ClN6O. The number of amides is 1. The van der Waals surface area contributed by atoms with Gasteiger partial charge in [0.2, 0.25) is 5.91 Å². The van der Waals surface area contributed by atoms with Gasteiger partial charge in [0.15, 0.2) is 0 Å². The number of hydrogen-bond acceptors (Lipinski definition) is 4. The van der Waals surface area contributed by atoms with Gasteiger partial charge in [0.05, 0.1) is 23.1 Å². The molecule has 1 atom stereocenters. The number of aromatic nitrogens is 4.